The molecular weight excluding hydrogens is 254 g/mol. The van der Waals surface area contributed by atoms with E-state index in [1.165, 1.54) is 6.42 Å². The third kappa shape index (κ3) is 3.15. The topological polar surface area (TPSA) is 57.6 Å². The molecule has 5 unspecified atom stereocenters. The van der Waals surface area contributed by atoms with Gasteiger partial charge in [-0.15, -0.1) is 0 Å². The summed E-state index contributed by atoms with van der Waals surface area (Å²) >= 11 is 0. The van der Waals surface area contributed by atoms with Crippen molar-refractivity contribution < 1.29 is 14.7 Å². The zero-order valence-corrected chi connectivity index (χ0v) is 12.8. The molecule has 0 spiro atoms. The lowest BCUT2D eigenvalue weighted by molar-refractivity contribution is -0.147. The molecule has 2 rings (SSSR count). The normalized spacial score (nSPS) is 38.5. The van der Waals surface area contributed by atoms with Gasteiger partial charge in [0.2, 0.25) is 5.91 Å². The average Bonchev–Trinajstić information content (AvgIpc) is 2.42. The lowest BCUT2D eigenvalue weighted by Crippen LogP contribution is -2.51. The standard InChI is InChI=1S/C16H27NO3/c1-10-7-11(2)12(3)17(9-10)15(18)13-5-4-6-14(8-13)16(19)20/h10-14H,4-9H2,1-3H3,(H,19,20). The van der Waals surface area contributed by atoms with Crippen molar-refractivity contribution >= 4 is 11.9 Å². The molecule has 1 N–H and O–H groups in total. The third-order valence-electron chi connectivity index (χ3n) is 5.25. The van der Waals surface area contributed by atoms with E-state index in [0.717, 1.165) is 25.8 Å². The van der Waals surface area contributed by atoms with Crippen molar-refractivity contribution in [2.24, 2.45) is 23.7 Å². The second-order valence-electron chi connectivity index (χ2n) is 6.95. The maximum Gasteiger partial charge on any atom is 0.306 e. The van der Waals surface area contributed by atoms with E-state index in [9.17, 15) is 9.59 Å². The molecule has 20 heavy (non-hydrogen) atoms. The van der Waals surface area contributed by atoms with Crippen molar-refractivity contribution in [1.82, 2.24) is 4.90 Å². The van der Waals surface area contributed by atoms with Crippen molar-refractivity contribution in [3.05, 3.63) is 0 Å². The fourth-order valence-corrected chi connectivity index (χ4v) is 3.88. The monoisotopic (exact) mass is 281 g/mol. The van der Waals surface area contributed by atoms with Crippen molar-refractivity contribution in [1.29, 1.82) is 0 Å². The van der Waals surface area contributed by atoms with Crippen LogP contribution >= 0.6 is 0 Å². The summed E-state index contributed by atoms with van der Waals surface area (Å²) in [7, 11) is 0. The highest BCUT2D eigenvalue weighted by Crippen LogP contribution is 2.34. The van der Waals surface area contributed by atoms with Gasteiger partial charge in [0.25, 0.3) is 0 Å². The fraction of sp³-hybridized carbons (Fsp3) is 0.875. The lowest BCUT2D eigenvalue weighted by atomic mass is 9.79. The summed E-state index contributed by atoms with van der Waals surface area (Å²) in [5.41, 5.74) is 0. The van der Waals surface area contributed by atoms with E-state index in [-0.39, 0.29) is 23.8 Å². The number of nitrogens with zero attached hydrogens (tertiary/aromatic N) is 1. The molecule has 5 atom stereocenters. The van der Waals surface area contributed by atoms with E-state index in [0.29, 0.717) is 18.3 Å². The fourth-order valence-electron chi connectivity index (χ4n) is 3.88. The van der Waals surface area contributed by atoms with Crippen molar-refractivity contribution in [2.75, 3.05) is 6.54 Å². The number of carboxylic acids is 1. The highest BCUT2D eigenvalue weighted by molar-refractivity contribution is 5.80. The average molecular weight is 281 g/mol. The minimum Gasteiger partial charge on any atom is -0.481 e. The molecule has 1 aliphatic heterocycles. The van der Waals surface area contributed by atoms with Gasteiger partial charge in [-0.25, -0.2) is 0 Å². The van der Waals surface area contributed by atoms with Gasteiger partial charge >= 0.3 is 5.97 Å². The molecule has 1 saturated heterocycles. The Morgan fingerprint density at radius 3 is 2.35 bits per heavy atom. The van der Waals surface area contributed by atoms with Crippen LogP contribution < -0.4 is 0 Å². The van der Waals surface area contributed by atoms with Gasteiger partial charge < -0.3 is 10.0 Å². The summed E-state index contributed by atoms with van der Waals surface area (Å²) in [6.07, 6.45) is 4.14. The molecule has 1 aliphatic carbocycles. The smallest absolute Gasteiger partial charge is 0.306 e. The van der Waals surface area contributed by atoms with Crippen molar-refractivity contribution in [3.63, 3.8) is 0 Å². The molecular formula is C16H27NO3. The van der Waals surface area contributed by atoms with Crippen molar-refractivity contribution in [2.45, 2.75) is 58.9 Å². The first-order chi connectivity index (χ1) is 9.40. The van der Waals surface area contributed by atoms with Gasteiger partial charge in [0, 0.05) is 18.5 Å². The predicted octanol–water partition coefficient (Wildman–Crippen LogP) is 2.77. The molecule has 114 valence electrons. The SMILES string of the molecule is CC1CC(C)C(C)N(C(=O)C2CCCC(C(=O)O)C2)C1. The Balaban J connectivity index is 2.04. The zero-order chi connectivity index (χ0) is 14.9. The number of carbonyl (C=O) groups excluding carboxylic acids is 1. The summed E-state index contributed by atoms with van der Waals surface area (Å²) in [5.74, 6) is 0.126. The van der Waals surface area contributed by atoms with Crippen LogP contribution in [0.4, 0.5) is 0 Å². The highest BCUT2D eigenvalue weighted by Gasteiger charge is 2.38. The Bertz CT molecular complexity index is 382. The second kappa shape index (κ2) is 6.15. The molecule has 0 aromatic rings. The third-order valence-corrected chi connectivity index (χ3v) is 5.25. The number of aliphatic carboxylic acids is 1. The molecule has 0 radical (unpaired) electrons. The molecule has 4 heteroatoms. The van der Waals surface area contributed by atoms with Crippen LogP contribution in [0, 0.1) is 23.7 Å². The Morgan fingerprint density at radius 1 is 1.05 bits per heavy atom. The number of likely N-dealkylation sites (tertiary alicyclic amines) is 1. The minimum atomic E-state index is -0.740. The van der Waals surface area contributed by atoms with Gasteiger partial charge in [0.1, 0.15) is 0 Å². The summed E-state index contributed by atoms with van der Waals surface area (Å²) in [5, 5.41) is 9.16. The molecule has 2 aliphatic rings. The maximum absolute atomic E-state index is 12.8. The van der Waals surface area contributed by atoms with Crippen LogP contribution in [0.15, 0.2) is 0 Å². The van der Waals surface area contributed by atoms with Gasteiger partial charge in [-0.05, 0) is 44.4 Å². The molecule has 2 fully saturated rings. The van der Waals surface area contributed by atoms with Gasteiger partial charge in [0.05, 0.1) is 5.92 Å². The predicted molar refractivity (Wildman–Crippen MR) is 77.2 cm³/mol. The van der Waals surface area contributed by atoms with E-state index >= 15 is 0 Å². The molecule has 0 aromatic carbocycles. The minimum absolute atomic E-state index is 0.0789. The van der Waals surface area contributed by atoms with Crippen LogP contribution in [0.2, 0.25) is 0 Å². The number of amides is 1. The summed E-state index contributed by atoms with van der Waals surface area (Å²) < 4.78 is 0. The Hall–Kier alpha value is -1.06. The van der Waals surface area contributed by atoms with Gasteiger partial charge in [-0.2, -0.15) is 0 Å². The molecule has 1 saturated carbocycles. The zero-order valence-electron chi connectivity index (χ0n) is 12.8. The lowest BCUT2D eigenvalue weighted by Gasteiger charge is -2.43. The Kier molecular flexibility index (Phi) is 4.71. The number of rotatable bonds is 2. The molecule has 1 amide bonds. The van der Waals surface area contributed by atoms with Crippen LogP contribution in [0.1, 0.15) is 52.9 Å². The van der Waals surface area contributed by atoms with Gasteiger partial charge in [-0.3, -0.25) is 9.59 Å². The number of hydrogen-bond acceptors (Lipinski definition) is 2. The first-order valence-corrected chi connectivity index (χ1v) is 7.93. The van der Waals surface area contributed by atoms with E-state index in [4.69, 9.17) is 5.11 Å². The number of piperidine rings is 1. The Morgan fingerprint density at radius 2 is 1.70 bits per heavy atom. The number of carboxylic acid groups (broad SMARTS) is 1. The maximum atomic E-state index is 12.8. The summed E-state index contributed by atoms with van der Waals surface area (Å²) in [6.45, 7) is 7.37. The van der Waals surface area contributed by atoms with E-state index in [1.807, 2.05) is 4.90 Å². The molecule has 0 bridgehead atoms. The van der Waals surface area contributed by atoms with Crippen LogP contribution in [-0.4, -0.2) is 34.5 Å². The quantitative estimate of drug-likeness (QED) is 0.846. The first-order valence-electron chi connectivity index (χ1n) is 7.93. The summed E-state index contributed by atoms with van der Waals surface area (Å²) in [4.78, 5) is 25.9. The van der Waals surface area contributed by atoms with Gasteiger partial charge in [0.15, 0.2) is 0 Å². The van der Waals surface area contributed by atoms with Gasteiger partial charge in [-0.1, -0.05) is 20.3 Å². The van der Waals surface area contributed by atoms with Crippen LogP contribution in [-0.2, 0) is 9.59 Å². The first kappa shape index (κ1) is 15.3. The number of carbonyl (C=O) groups is 2. The Labute approximate surface area is 121 Å². The largest absolute Gasteiger partial charge is 0.481 e. The van der Waals surface area contributed by atoms with Crippen molar-refractivity contribution in [3.8, 4) is 0 Å². The molecule has 1 heterocycles. The van der Waals surface area contributed by atoms with Crippen LogP contribution in [0.25, 0.3) is 0 Å². The van der Waals surface area contributed by atoms with E-state index in [1.54, 1.807) is 0 Å². The summed E-state index contributed by atoms with van der Waals surface area (Å²) in [6, 6.07) is 0.281. The second-order valence-corrected chi connectivity index (χ2v) is 6.95. The van der Waals surface area contributed by atoms with Crippen LogP contribution in [0.3, 0.4) is 0 Å². The molecule has 0 aromatic heterocycles. The number of hydrogen-bond donors (Lipinski definition) is 1. The van der Waals surface area contributed by atoms with E-state index in [2.05, 4.69) is 20.8 Å². The highest BCUT2D eigenvalue weighted by atomic mass is 16.4. The molecule has 4 nitrogen and oxygen atoms in total. The van der Waals surface area contributed by atoms with Crippen LogP contribution in [0.5, 0.6) is 0 Å². The van der Waals surface area contributed by atoms with E-state index < -0.39 is 5.97 Å².